The van der Waals surface area contributed by atoms with Crippen molar-refractivity contribution in [1.82, 2.24) is 14.5 Å². The lowest BCUT2D eigenvalue weighted by Gasteiger charge is -2.59. The zero-order chi connectivity index (χ0) is 23.3. The third kappa shape index (κ3) is 3.66. The molecule has 0 saturated heterocycles. The number of hydrogen-bond donors (Lipinski definition) is 2. The van der Waals surface area contributed by atoms with E-state index in [9.17, 15) is 5.11 Å². The van der Waals surface area contributed by atoms with Crippen LogP contribution in [0.1, 0.15) is 66.2 Å². The first-order chi connectivity index (χ1) is 15.1. The summed E-state index contributed by atoms with van der Waals surface area (Å²) in [6.07, 6.45) is 12.1. The Labute approximate surface area is 192 Å². The maximum Gasteiger partial charge on any atom is 0.307 e. The highest BCUT2D eigenvalue weighted by atomic mass is 16.3. The quantitative estimate of drug-likeness (QED) is 0.538. The van der Waals surface area contributed by atoms with Gasteiger partial charge < -0.3 is 10.8 Å². The Morgan fingerprint density at radius 2 is 2.09 bits per heavy atom. The average Bonchev–Trinajstić information content (AvgIpc) is 3.09. The van der Waals surface area contributed by atoms with Crippen LogP contribution in [0.3, 0.4) is 0 Å². The van der Waals surface area contributed by atoms with Crippen LogP contribution in [0.15, 0.2) is 36.5 Å². The number of fused-ring (bicyclic) bond motifs is 2. The highest BCUT2D eigenvalue weighted by Gasteiger charge is 2.55. The van der Waals surface area contributed by atoms with Crippen molar-refractivity contribution >= 4 is 17.0 Å². The van der Waals surface area contributed by atoms with Crippen molar-refractivity contribution in [2.24, 2.45) is 29.7 Å². The molecule has 3 N–H and O–H groups in total. The molecule has 174 valence electrons. The van der Waals surface area contributed by atoms with E-state index < -0.39 is 0 Å². The van der Waals surface area contributed by atoms with E-state index in [4.69, 9.17) is 5.73 Å². The molecule has 0 bridgehead atoms. The number of nitrogens with zero attached hydrogens (tertiary/aromatic N) is 4. The zero-order valence-corrected chi connectivity index (χ0v) is 20.4. The standard InChI is InChI=1S/C26H40N5O/c1-17(11-14-31-16-30(6)24-22(31)23(27)28-15-29-24)9-12-25(4)18(2)10-13-26(5)19(3)20(32)7-8-21(25)26/h11,15-16,18,20-21,32H,3,7-10,12-14H2,1-2,4-6H3,(H2,27,28,29)/q+1/b17-11+/t18-,20+,21-,25+,26+/m0/s1. The molecule has 0 radical (unpaired) electrons. The van der Waals surface area contributed by atoms with Gasteiger partial charge in [0.15, 0.2) is 18.5 Å². The molecule has 2 aliphatic rings. The second kappa shape index (κ2) is 8.29. The minimum atomic E-state index is -0.329. The number of aryl methyl sites for hydroxylation is 1. The maximum atomic E-state index is 10.5. The van der Waals surface area contributed by atoms with Crippen LogP contribution in [0.4, 0.5) is 5.82 Å². The summed E-state index contributed by atoms with van der Waals surface area (Å²) in [6, 6.07) is 0. The summed E-state index contributed by atoms with van der Waals surface area (Å²) >= 11 is 0. The van der Waals surface area contributed by atoms with Crippen LogP contribution >= 0.6 is 0 Å². The van der Waals surface area contributed by atoms with Crippen molar-refractivity contribution in [2.45, 2.75) is 78.9 Å². The third-order valence-corrected chi connectivity index (χ3v) is 9.11. The zero-order valence-electron chi connectivity index (χ0n) is 20.4. The van der Waals surface area contributed by atoms with Gasteiger partial charge in [-0.15, -0.1) is 0 Å². The summed E-state index contributed by atoms with van der Waals surface area (Å²) in [6.45, 7) is 14.6. The molecule has 2 saturated carbocycles. The van der Waals surface area contributed by atoms with Crippen molar-refractivity contribution in [1.29, 1.82) is 0 Å². The van der Waals surface area contributed by atoms with Gasteiger partial charge >= 0.3 is 5.65 Å². The maximum absolute atomic E-state index is 10.5. The van der Waals surface area contributed by atoms with Crippen molar-refractivity contribution < 1.29 is 9.67 Å². The molecule has 6 nitrogen and oxygen atoms in total. The first-order valence-electron chi connectivity index (χ1n) is 12.1. The smallest absolute Gasteiger partial charge is 0.307 e. The van der Waals surface area contributed by atoms with Crippen LogP contribution in [-0.2, 0) is 13.6 Å². The molecule has 5 atom stereocenters. The van der Waals surface area contributed by atoms with E-state index in [1.54, 1.807) is 0 Å². The normalized spacial score (nSPS) is 33.5. The van der Waals surface area contributed by atoms with Crippen molar-refractivity contribution in [3.05, 3.63) is 36.5 Å². The van der Waals surface area contributed by atoms with E-state index in [2.05, 4.69) is 54.9 Å². The number of aliphatic hydroxyl groups excluding tert-OH is 1. The molecule has 0 amide bonds. The highest BCUT2D eigenvalue weighted by Crippen LogP contribution is 2.62. The van der Waals surface area contributed by atoms with E-state index in [0.717, 1.165) is 49.0 Å². The third-order valence-electron chi connectivity index (χ3n) is 9.11. The van der Waals surface area contributed by atoms with Gasteiger partial charge in [-0.3, -0.25) is 4.57 Å². The number of imidazole rings is 1. The lowest BCUT2D eigenvalue weighted by atomic mass is 9.46. The summed E-state index contributed by atoms with van der Waals surface area (Å²) in [5.74, 6) is 1.79. The van der Waals surface area contributed by atoms with E-state index in [-0.39, 0.29) is 16.9 Å². The van der Waals surface area contributed by atoms with Gasteiger partial charge in [0, 0.05) is 0 Å². The van der Waals surface area contributed by atoms with E-state index >= 15 is 0 Å². The van der Waals surface area contributed by atoms with Crippen LogP contribution in [0.2, 0.25) is 0 Å². The van der Waals surface area contributed by atoms with Crippen molar-refractivity contribution in [3.8, 4) is 0 Å². The largest absolute Gasteiger partial charge is 0.389 e. The van der Waals surface area contributed by atoms with Gasteiger partial charge in [-0.2, -0.15) is 4.98 Å². The Kier molecular flexibility index (Phi) is 5.95. The van der Waals surface area contributed by atoms with Crippen molar-refractivity contribution in [3.63, 3.8) is 0 Å². The molecule has 6 heteroatoms. The topological polar surface area (TPSA) is 80.8 Å². The molecular weight excluding hydrogens is 398 g/mol. The van der Waals surface area contributed by atoms with E-state index in [0.29, 0.717) is 17.7 Å². The molecule has 2 aromatic rings. The van der Waals surface area contributed by atoms with Gasteiger partial charge in [-0.05, 0) is 73.7 Å². The molecule has 0 unspecified atom stereocenters. The number of nitrogens with two attached hydrogens (primary N) is 1. The van der Waals surface area contributed by atoms with Crippen LogP contribution in [0.25, 0.3) is 11.2 Å². The Bertz CT molecular complexity index is 1060. The molecule has 2 aromatic heterocycles. The molecule has 2 heterocycles. The Morgan fingerprint density at radius 3 is 2.84 bits per heavy atom. The summed E-state index contributed by atoms with van der Waals surface area (Å²) in [7, 11) is 1.99. The molecule has 32 heavy (non-hydrogen) atoms. The number of anilines is 1. The molecule has 0 spiro atoms. The van der Waals surface area contributed by atoms with Gasteiger partial charge in [-0.25, -0.2) is 4.57 Å². The van der Waals surface area contributed by atoms with Crippen LogP contribution in [-0.4, -0.2) is 25.7 Å². The summed E-state index contributed by atoms with van der Waals surface area (Å²) in [5.41, 5.74) is 10.7. The molecular formula is C26H40N5O+. The van der Waals surface area contributed by atoms with E-state index in [1.165, 1.54) is 24.7 Å². The molecule has 2 aliphatic carbocycles. The van der Waals surface area contributed by atoms with Gasteiger partial charge in [0.05, 0.1) is 19.7 Å². The number of aliphatic hydroxyl groups is 1. The van der Waals surface area contributed by atoms with E-state index in [1.807, 2.05) is 17.9 Å². The molecule has 0 aliphatic heterocycles. The lowest BCUT2D eigenvalue weighted by Crippen LogP contribution is -2.52. The number of nitrogen functional groups attached to an aromatic ring is 1. The lowest BCUT2D eigenvalue weighted by molar-refractivity contribution is -0.647. The highest BCUT2D eigenvalue weighted by molar-refractivity contribution is 5.79. The molecule has 0 aromatic carbocycles. The fraction of sp³-hybridized carbons (Fsp3) is 0.654. The van der Waals surface area contributed by atoms with Gasteiger partial charge in [0.1, 0.15) is 0 Å². The number of allylic oxidation sites excluding steroid dienone is 2. The SMILES string of the molecule is C=C1[C@H](O)CC[C@H]2[C@](C)(CC/C(C)=C/Cn3c[n+](C)c4ncnc(N)c43)[C@@H](C)CC[C@]12C. The first kappa shape index (κ1) is 23.0. The Hall–Kier alpha value is -2.21. The minimum absolute atomic E-state index is 0.0624. The Morgan fingerprint density at radius 1 is 1.34 bits per heavy atom. The number of rotatable bonds is 5. The number of aromatic nitrogens is 4. The van der Waals surface area contributed by atoms with Crippen LogP contribution in [0, 0.1) is 22.7 Å². The first-order valence-corrected chi connectivity index (χ1v) is 12.1. The average molecular weight is 439 g/mol. The fourth-order valence-electron chi connectivity index (χ4n) is 6.62. The van der Waals surface area contributed by atoms with Crippen LogP contribution in [0.5, 0.6) is 0 Å². The summed E-state index contributed by atoms with van der Waals surface area (Å²) < 4.78 is 4.12. The predicted octanol–water partition coefficient (Wildman–Crippen LogP) is 4.33. The van der Waals surface area contributed by atoms with Crippen molar-refractivity contribution in [2.75, 3.05) is 5.73 Å². The number of hydrogen-bond acceptors (Lipinski definition) is 4. The predicted molar refractivity (Wildman–Crippen MR) is 129 cm³/mol. The summed E-state index contributed by atoms with van der Waals surface area (Å²) in [5, 5.41) is 10.5. The molecule has 2 fully saturated rings. The van der Waals surface area contributed by atoms with Crippen LogP contribution < -0.4 is 10.3 Å². The summed E-state index contributed by atoms with van der Waals surface area (Å²) in [4.78, 5) is 8.53. The second-order valence-electron chi connectivity index (χ2n) is 10.9. The molecule has 4 rings (SSSR count). The fourth-order valence-corrected chi connectivity index (χ4v) is 6.62. The van der Waals surface area contributed by atoms with Gasteiger partial charge in [0.25, 0.3) is 0 Å². The van der Waals surface area contributed by atoms with Gasteiger partial charge in [0.2, 0.25) is 5.52 Å². The monoisotopic (exact) mass is 438 g/mol. The minimum Gasteiger partial charge on any atom is -0.389 e. The second-order valence-corrected chi connectivity index (χ2v) is 10.9. The van der Waals surface area contributed by atoms with Gasteiger partial charge in [-0.1, -0.05) is 44.0 Å². The Balaban J connectivity index is 1.50.